The highest BCUT2D eigenvalue weighted by Crippen LogP contribution is 2.13. The molecule has 8 heteroatoms. The van der Waals surface area contributed by atoms with Crippen molar-refractivity contribution in [2.75, 3.05) is 19.0 Å². The van der Waals surface area contributed by atoms with E-state index < -0.39 is 24.5 Å². The van der Waals surface area contributed by atoms with Crippen LogP contribution in [0.2, 0.25) is 0 Å². The van der Waals surface area contributed by atoms with Gasteiger partial charge in [0, 0.05) is 12.1 Å². The van der Waals surface area contributed by atoms with Crippen LogP contribution in [0.3, 0.4) is 0 Å². The van der Waals surface area contributed by atoms with Crippen LogP contribution in [0.1, 0.15) is 32.9 Å². The van der Waals surface area contributed by atoms with Gasteiger partial charge in [-0.25, -0.2) is 4.79 Å². The van der Waals surface area contributed by atoms with E-state index in [0.717, 1.165) is 0 Å². The molecule has 1 N–H and O–H groups in total. The van der Waals surface area contributed by atoms with E-state index in [1.54, 1.807) is 17.5 Å². The van der Waals surface area contributed by atoms with Crippen molar-refractivity contribution in [1.82, 2.24) is 0 Å². The van der Waals surface area contributed by atoms with Gasteiger partial charge in [0.1, 0.15) is 0 Å². The Bertz CT molecular complexity index is 783. The van der Waals surface area contributed by atoms with E-state index >= 15 is 0 Å². The predicted octanol–water partition coefficient (Wildman–Crippen LogP) is 2.68. The summed E-state index contributed by atoms with van der Waals surface area (Å²) in [5.74, 6) is -1.75. The Hall–Kier alpha value is -3.00. The first-order valence-electron chi connectivity index (χ1n) is 7.70. The van der Waals surface area contributed by atoms with Gasteiger partial charge in [-0.1, -0.05) is 6.07 Å². The van der Waals surface area contributed by atoms with E-state index in [1.807, 2.05) is 0 Å². The van der Waals surface area contributed by atoms with E-state index in [1.165, 1.54) is 42.7 Å². The molecule has 0 saturated carbocycles. The van der Waals surface area contributed by atoms with Crippen molar-refractivity contribution in [3.8, 4) is 0 Å². The summed E-state index contributed by atoms with van der Waals surface area (Å²) in [6.45, 7) is -0.454. The molecule has 2 rings (SSSR count). The zero-order valence-electron chi connectivity index (χ0n) is 14.0. The number of methoxy groups -OCH3 is 1. The quantitative estimate of drug-likeness (QED) is 0.563. The number of anilines is 1. The molecule has 1 aromatic carbocycles. The number of amides is 1. The first kappa shape index (κ1) is 19.3. The minimum absolute atomic E-state index is 0.0377. The monoisotopic (exact) mass is 375 g/mol. The smallest absolute Gasteiger partial charge is 0.337 e. The maximum atomic E-state index is 11.8. The highest BCUT2D eigenvalue weighted by Gasteiger charge is 2.13. The summed E-state index contributed by atoms with van der Waals surface area (Å²) in [5.41, 5.74) is 0.805. The summed E-state index contributed by atoms with van der Waals surface area (Å²) in [6, 6.07) is 9.53. The summed E-state index contributed by atoms with van der Waals surface area (Å²) in [7, 11) is 1.28. The molecule has 1 heterocycles. The number of carbonyl (C=O) groups is 4. The Labute approximate surface area is 153 Å². The average Bonchev–Trinajstić information content (AvgIpc) is 3.19. The van der Waals surface area contributed by atoms with Gasteiger partial charge in [-0.2, -0.15) is 0 Å². The minimum Gasteiger partial charge on any atom is -0.465 e. The molecule has 0 saturated heterocycles. The molecule has 1 aromatic heterocycles. The summed E-state index contributed by atoms with van der Waals surface area (Å²) in [6.07, 6.45) is -0.0478. The van der Waals surface area contributed by atoms with Gasteiger partial charge >= 0.3 is 11.9 Å². The van der Waals surface area contributed by atoms with E-state index in [2.05, 4.69) is 10.1 Å². The molecular weight excluding hydrogens is 358 g/mol. The number of carbonyl (C=O) groups excluding carboxylic acids is 4. The Morgan fingerprint density at radius 1 is 1.04 bits per heavy atom. The maximum absolute atomic E-state index is 11.8. The summed E-state index contributed by atoms with van der Waals surface area (Å²) < 4.78 is 9.43. The van der Waals surface area contributed by atoms with E-state index in [0.29, 0.717) is 16.1 Å². The van der Waals surface area contributed by atoms with Gasteiger partial charge in [0.25, 0.3) is 5.91 Å². The molecule has 0 radical (unpaired) electrons. The molecule has 1 amide bonds. The number of hydrogen-bond donors (Lipinski definition) is 1. The topological polar surface area (TPSA) is 98.8 Å². The van der Waals surface area contributed by atoms with Crippen LogP contribution in [0, 0.1) is 0 Å². The third-order valence-electron chi connectivity index (χ3n) is 3.31. The number of benzene rings is 1. The zero-order chi connectivity index (χ0) is 18.9. The average molecular weight is 375 g/mol. The molecule has 7 nitrogen and oxygen atoms in total. The first-order chi connectivity index (χ1) is 12.5. The summed E-state index contributed by atoms with van der Waals surface area (Å²) in [5, 5.41) is 4.32. The fraction of sp³-hybridized carbons (Fsp3) is 0.222. The van der Waals surface area contributed by atoms with Crippen molar-refractivity contribution in [3.63, 3.8) is 0 Å². The van der Waals surface area contributed by atoms with Crippen molar-refractivity contribution in [2.24, 2.45) is 0 Å². The molecular formula is C18H17NO6S. The number of thiophene rings is 1. The van der Waals surface area contributed by atoms with E-state index in [9.17, 15) is 19.2 Å². The van der Waals surface area contributed by atoms with E-state index in [4.69, 9.17) is 4.74 Å². The van der Waals surface area contributed by atoms with Crippen LogP contribution < -0.4 is 5.32 Å². The molecule has 0 unspecified atom stereocenters. The number of rotatable bonds is 8. The molecule has 0 fully saturated rings. The van der Waals surface area contributed by atoms with Crippen LogP contribution in [-0.4, -0.2) is 37.3 Å². The summed E-state index contributed by atoms with van der Waals surface area (Å²) >= 11 is 1.31. The predicted molar refractivity (Wildman–Crippen MR) is 95.3 cm³/mol. The minimum atomic E-state index is -0.619. The second-order valence-electron chi connectivity index (χ2n) is 5.18. The number of hydrogen-bond acceptors (Lipinski definition) is 7. The Morgan fingerprint density at radius 3 is 2.38 bits per heavy atom. The molecule has 136 valence electrons. The van der Waals surface area contributed by atoms with Crippen LogP contribution in [0.4, 0.5) is 5.69 Å². The molecule has 26 heavy (non-hydrogen) atoms. The second kappa shape index (κ2) is 9.47. The largest absolute Gasteiger partial charge is 0.465 e. The van der Waals surface area contributed by atoms with E-state index in [-0.39, 0.29) is 18.6 Å². The highest BCUT2D eigenvalue weighted by atomic mass is 32.1. The van der Waals surface area contributed by atoms with Gasteiger partial charge in [0.15, 0.2) is 12.4 Å². The number of ether oxygens (including phenoxy) is 2. The molecule has 2 aromatic rings. The lowest BCUT2D eigenvalue weighted by molar-refractivity contribution is -0.147. The number of Topliss-reactive ketones (excluding diaryl/α,β-unsaturated/α-hetero) is 1. The van der Waals surface area contributed by atoms with Crippen molar-refractivity contribution in [1.29, 1.82) is 0 Å². The van der Waals surface area contributed by atoms with Crippen LogP contribution in [-0.2, 0) is 19.1 Å². The normalized spacial score (nSPS) is 10.0. The maximum Gasteiger partial charge on any atom is 0.337 e. The lowest BCUT2D eigenvalue weighted by Crippen LogP contribution is -2.21. The van der Waals surface area contributed by atoms with Crippen LogP contribution >= 0.6 is 11.3 Å². The summed E-state index contributed by atoms with van der Waals surface area (Å²) in [4.78, 5) is 47.1. The van der Waals surface area contributed by atoms with Crippen LogP contribution in [0.5, 0.6) is 0 Å². The Balaban J connectivity index is 1.71. The molecule has 0 spiro atoms. The molecule has 0 aliphatic carbocycles. The standard InChI is InChI=1S/C18H17NO6S/c1-24-18(23)12-4-6-13(7-5-12)19-16(21)11-25-17(22)9-8-14(20)15-3-2-10-26-15/h2-7,10H,8-9,11H2,1H3,(H,19,21). The SMILES string of the molecule is COC(=O)c1ccc(NC(=O)COC(=O)CCC(=O)c2cccs2)cc1. The number of nitrogens with one attached hydrogen (secondary N) is 1. The van der Waals surface area contributed by atoms with Crippen LogP contribution in [0.25, 0.3) is 0 Å². The molecule has 0 bridgehead atoms. The fourth-order valence-electron chi connectivity index (χ4n) is 2.00. The third kappa shape index (κ3) is 5.82. The van der Waals surface area contributed by atoms with Crippen molar-refractivity contribution >= 4 is 40.7 Å². The lowest BCUT2D eigenvalue weighted by atomic mass is 10.2. The number of ketones is 1. The fourth-order valence-corrected chi connectivity index (χ4v) is 2.69. The van der Waals surface area contributed by atoms with Crippen molar-refractivity contribution in [3.05, 3.63) is 52.2 Å². The first-order valence-corrected chi connectivity index (χ1v) is 8.58. The van der Waals surface area contributed by atoms with Gasteiger partial charge in [-0.3, -0.25) is 14.4 Å². The van der Waals surface area contributed by atoms with Gasteiger partial charge in [-0.05, 0) is 35.7 Å². The number of esters is 2. The molecule has 0 aliphatic rings. The second-order valence-corrected chi connectivity index (χ2v) is 6.13. The molecule has 0 atom stereocenters. The van der Waals surface area contributed by atoms with Crippen molar-refractivity contribution in [2.45, 2.75) is 12.8 Å². The van der Waals surface area contributed by atoms with Crippen LogP contribution in [0.15, 0.2) is 41.8 Å². The third-order valence-corrected chi connectivity index (χ3v) is 4.22. The van der Waals surface area contributed by atoms with Crippen molar-refractivity contribution < 1.29 is 28.7 Å². The highest BCUT2D eigenvalue weighted by molar-refractivity contribution is 7.12. The van der Waals surface area contributed by atoms with Gasteiger partial charge in [0.05, 0.1) is 24.0 Å². The molecule has 0 aliphatic heterocycles. The lowest BCUT2D eigenvalue weighted by Gasteiger charge is -2.07. The van der Waals surface area contributed by atoms with Gasteiger partial charge < -0.3 is 14.8 Å². The van der Waals surface area contributed by atoms with Gasteiger partial charge in [-0.15, -0.1) is 11.3 Å². The zero-order valence-corrected chi connectivity index (χ0v) is 14.8. The van der Waals surface area contributed by atoms with Gasteiger partial charge in [0.2, 0.25) is 0 Å². The Morgan fingerprint density at radius 2 is 1.77 bits per heavy atom. The Kier molecular flexibility index (Phi) is 7.04.